The van der Waals surface area contributed by atoms with Crippen LogP contribution in [0.2, 0.25) is 0 Å². The standard InChI is InChI=1S/C12H17N3O4S/c1-5-6-7(9(16)17)8-13-10(20-15-8)14-11(18)19-12(2,3)4/h6H,5H2,1-4H3,(H,16,17)(H,13,14,15,18)/b7-6-. The molecule has 0 aromatic carbocycles. The molecule has 0 spiro atoms. The number of anilines is 1. The molecule has 110 valence electrons. The fourth-order valence-corrected chi connectivity index (χ4v) is 1.82. The number of carbonyl (C=O) groups excluding carboxylic acids is 1. The lowest BCUT2D eigenvalue weighted by Crippen LogP contribution is -2.27. The largest absolute Gasteiger partial charge is 0.478 e. The number of carboxylic acids is 1. The maximum absolute atomic E-state index is 11.5. The number of hydrogen-bond donors (Lipinski definition) is 2. The lowest BCUT2D eigenvalue weighted by atomic mass is 10.2. The minimum Gasteiger partial charge on any atom is -0.478 e. The first-order chi connectivity index (χ1) is 9.23. The number of allylic oxidation sites excluding steroid dienone is 1. The lowest BCUT2D eigenvalue weighted by Gasteiger charge is -2.18. The summed E-state index contributed by atoms with van der Waals surface area (Å²) < 4.78 is 8.98. The van der Waals surface area contributed by atoms with Gasteiger partial charge in [-0.15, -0.1) is 0 Å². The van der Waals surface area contributed by atoms with Crippen molar-refractivity contribution < 1.29 is 19.4 Å². The molecule has 0 aliphatic carbocycles. The first kappa shape index (κ1) is 16.1. The summed E-state index contributed by atoms with van der Waals surface area (Å²) in [4.78, 5) is 26.6. The molecule has 0 aliphatic rings. The van der Waals surface area contributed by atoms with E-state index in [1.54, 1.807) is 20.8 Å². The molecule has 0 saturated carbocycles. The minimum atomic E-state index is -1.10. The van der Waals surface area contributed by atoms with E-state index in [0.29, 0.717) is 6.42 Å². The second-order valence-electron chi connectivity index (χ2n) is 4.88. The Morgan fingerprint density at radius 3 is 2.60 bits per heavy atom. The van der Waals surface area contributed by atoms with Crippen LogP contribution in [0.25, 0.3) is 5.57 Å². The van der Waals surface area contributed by atoms with Crippen LogP contribution in [0.4, 0.5) is 9.93 Å². The Labute approximate surface area is 120 Å². The van der Waals surface area contributed by atoms with Crippen LogP contribution in [-0.4, -0.2) is 32.1 Å². The molecule has 0 unspecified atom stereocenters. The van der Waals surface area contributed by atoms with Gasteiger partial charge >= 0.3 is 12.1 Å². The smallest absolute Gasteiger partial charge is 0.414 e. The number of nitrogens with one attached hydrogen (secondary N) is 1. The summed E-state index contributed by atoms with van der Waals surface area (Å²) in [7, 11) is 0. The SMILES string of the molecule is CC/C=C(\C(=O)O)c1nsc(NC(=O)OC(C)(C)C)n1. The number of carbonyl (C=O) groups is 2. The van der Waals surface area contributed by atoms with Crippen molar-refractivity contribution in [1.82, 2.24) is 9.36 Å². The van der Waals surface area contributed by atoms with Crippen LogP contribution in [0.3, 0.4) is 0 Å². The minimum absolute atomic E-state index is 0.0148. The molecule has 20 heavy (non-hydrogen) atoms. The van der Waals surface area contributed by atoms with E-state index < -0.39 is 17.7 Å². The molecule has 0 bridgehead atoms. The van der Waals surface area contributed by atoms with Crippen LogP contribution in [0, 0.1) is 0 Å². The molecule has 7 nitrogen and oxygen atoms in total. The van der Waals surface area contributed by atoms with Gasteiger partial charge in [-0.05, 0) is 27.2 Å². The molecule has 2 N–H and O–H groups in total. The van der Waals surface area contributed by atoms with E-state index >= 15 is 0 Å². The zero-order valence-electron chi connectivity index (χ0n) is 11.8. The van der Waals surface area contributed by atoms with Crippen molar-refractivity contribution in [2.24, 2.45) is 0 Å². The van der Waals surface area contributed by atoms with Crippen molar-refractivity contribution in [3.63, 3.8) is 0 Å². The normalized spacial score (nSPS) is 12.1. The van der Waals surface area contributed by atoms with E-state index in [1.165, 1.54) is 6.08 Å². The van der Waals surface area contributed by atoms with Gasteiger partial charge in [0, 0.05) is 11.5 Å². The van der Waals surface area contributed by atoms with E-state index in [0.717, 1.165) is 11.5 Å². The van der Waals surface area contributed by atoms with Gasteiger partial charge in [-0.3, -0.25) is 5.32 Å². The molecule has 0 fully saturated rings. The number of carboxylic acid groups (broad SMARTS) is 1. The van der Waals surface area contributed by atoms with Gasteiger partial charge in [-0.1, -0.05) is 13.0 Å². The Balaban J connectivity index is 2.80. The van der Waals surface area contributed by atoms with Gasteiger partial charge in [0.1, 0.15) is 11.2 Å². The Hall–Kier alpha value is -1.96. The third-order valence-electron chi connectivity index (χ3n) is 1.91. The van der Waals surface area contributed by atoms with Crippen LogP contribution < -0.4 is 5.32 Å². The Morgan fingerprint density at radius 2 is 2.10 bits per heavy atom. The lowest BCUT2D eigenvalue weighted by molar-refractivity contribution is -0.130. The van der Waals surface area contributed by atoms with E-state index in [1.807, 2.05) is 6.92 Å². The van der Waals surface area contributed by atoms with E-state index in [2.05, 4.69) is 14.7 Å². The topological polar surface area (TPSA) is 101 Å². The highest BCUT2D eigenvalue weighted by molar-refractivity contribution is 7.10. The van der Waals surface area contributed by atoms with E-state index in [4.69, 9.17) is 9.84 Å². The van der Waals surface area contributed by atoms with Crippen molar-refractivity contribution in [3.05, 3.63) is 11.9 Å². The number of hydrogen-bond acceptors (Lipinski definition) is 6. The van der Waals surface area contributed by atoms with Crippen molar-refractivity contribution in [1.29, 1.82) is 0 Å². The van der Waals surface area contributed by atoms with Gasteiger partial charge in [-0.2, -0.15) is 9.36 Å². The number of ether oxygens (including phenoxy) is 1. The molecule has 0 radical (unpaired) electrons. The molecular weight excluding hydrogens is 282 g/mol. The van der Waals surface area contributed by atoms with Crippen LogP contribution in [-0.2, 0) is 9.53 Å². The second-order valence-corrected chi connectivity index (χ2v) is 5.63. The molecule has 0 aliphatic heterocycles. The predicted molar refractivity (Wildman–Crippen MR) is 75.7 cm³/mol. The molecule has 1 heterocycles. The molecule has 1 amide bonds. The van der Waals surface area contributed by atoms with E-state index in [-0.39, 0.29) is 16.5 Å². The maximum Gasteiger partial charge on any atom is 0.414 e. The molecular formula is C12H17N3O4S. The summed E-state index contributed by atoms with van der Waals surface area (Å²) >= 11 is 0.898. The molecule has 1 aromatic heterocycles. The molecule has 1 rings (SSSR count). The number of aliphatic carboxylic acids is 1. The number of nitrogens with zero attached hydrogens (tertiary/aromatic N) is 2. The van der Waals surface area contributed by atoms with Crippen molar-refractivity contribution in [3.8, 4) is 0 Å². The fourth-order valence-electron chi connectivity index (χ4n) is 1.25. The Bertz CT molecular complexity index is 531. The number of rotatable bonds is 4. The van der Waals surface area contributed by atoms with Crippen molar-refractivity contribution >= 4 is 34.3 Å². The zero-order chi connectivity index (χ0) is 15.3. The third kappa shape index (κ3) is 4.96. The second kappa shape index (κ2) is 6.47. The monoisotopic (exact) mass is 299 g/mol. The van der Waals surface area contributed by atoms with Crippen LogP contribution in [0.15, 0.2) is 6.08 Å². The van der Waals surface area contributed by atoms with Crippen molar-refractivity contribution in [2.75, 3.05) is 5.32 Å². The molecule has 0 atom stereocenters. The highest BCUT2D eigenvalue weighted by Crippen LogP contribution is 2.19. The van der Waals surface area contributed by atoms with E-state index in [9.17, 15) is 9.59 Å². The fraction of sp³-hybridized carbons (Fsp3) is 0.500. The summed E-state index contributed by atoms with van der Waals surface area (Å²) in [5.74, 6) is -1.02. The summed E-state index contributed by atoms with van der Waals surface area (Å²) in [5, 5.41) is 11.7. The Kier molecular flexibility index (Phi) is 5.20. The first-order valence-electron chi connectivity index (χ1n) is 6.00. The summed E-state index contributed by atoms with van der Waals surface area (Å²) in [6, 6.07) is 0. The molecule has 8 heteroatoms. The van der Waals surface area contributed by atoms with Gasteiger partial charge in [0.15, 0.2) is 5.82 Å². The van der Waals surface area contributed by atoms with Crippen LogP contribution >= 0.6 is 11.5 Å². The quantitative estimate of drug-likeness (QED) is 0.829. The first-order valence-corrected chi connectivity index (χ1v) is 6.78. The average molecular weight is 299 g/mol. The number of amides is 1. The van der Waals surface area contributed by atoms with Crippen LogP contribution in [0.5, 0.6) is 0 Å². The van der Waals surface area contributed by atoms with Crippen molar-refractivity contribution in [2.45, 2.75) is 39.7 Å². The van der Waals surface area contributed by atoms with Gasteiger partial charge < -0.3 is 9.84 Å². The predicted octanol–water partition coefficient (Wildman–Crippen LogP) is 2.76. The Morgan fingerprint density at radius 1 is 1.45 bits per heavy atom. The average Bonchev–Trinajstić information content (AvgIpc) is 2.70. The summed E-state index contributed by atoms with van der Waals surface area (Å²) in [6.45, 7) is 7.04. The van der Waals surface area contributed by atoms with Gasteiger partial charge in [0.05, 0.1) is 0 Å². The van der Waals surface area contributed by atoms with Crippen LogP contribution in [0.1, 0.15) is 39.9 Å². The highest BCUT2D eigenvalue weighted by atomic mass is 32.1. The van der Waals surface area contributed by atoms with Gasteiger partial charge in [0.25, 0.3) is 0 Å². The van der Waals surface area contributed by atoms with Gasteiger partial charge in [-0.25, -0.2) is 9.59 Å². The highest BCUT2D eigenvalue weighted by Gasteiger charge is 2.19. The molecule has 0 saturated heterocycles. The summed E-state index contributed by atoms with van der Waals surface area (Å²) in [5.41, 5.74) is -0.604. The molecule has 1 aromatic rings. The summed E-state index contributed by atoms with van der Waals surface area (Å²) in [6.07, 6.45) is 1.41. The maximum atomic E-state index is 11.5. The third-order valence-corrected chi connectivity index (χ3v) is 2.54. The van der Waals surface area contributed by atoms with Gasteiger partial charge in [0.2, 0.25) is 5.13 Å². The number of aromatic nitrogens is 2. The zero-order valence-corrected chi connectivity index (χ0v) is 12.6.